The lowest BCUT2D eigenvalue weighted by Crippen LogP contribution is -2.43. The van der Waals surface area contributed by atoms with Crippen molar-refractivity contribution < 1.29 is 13.2 Å². The van der Waals surface area contributed by atoms with Crippen LogP contribution in [0.3, 0.4) is 0 Å². The average Bonchev–Trinajstić information content (AvgIpc) is 2.27. The molecular formula is C10H22N2O3S. The Morgan fingerprint density at radius 3 is 2.81 bits per heavy atom. The molecule has 0 aliphatic carbocycles. The standard InChI is InChI=1S/C10H22N2O3S/c1-9(15-2)7-12-16(13,14)8-10-5-3-4-6-11-10/h9-12H,3-8H2,1-2H3. The number of rotatable bonds is 6. The Hall–Kier alpha value is -0.170. The Morgan fingerprint density at radius 1 is 1.50 bits per heavy atom. The minimum atomic E-state index is -3.18. The Bertz CT molecular complexity index is 286. The van der Waals surface area contributed by atoms with Crippen LogP contribution in [-0.4, -0.2) is 46.5 Å². The summed E-state index contributed by atoms with van der Waals surface area (Å²) in [5.74, 6) is 0.170. The third-order valence-electron chi connectivity index (χ3n) is 2.83. The summed E-state index contributed by atoms with van der Waals surface area (Å²) in [5.41, 5.74) is 0. The Kier molecular flexibility index (Phi) is 5.68. The molecule has 0 bridgehead atoms. The third kappa shape index (κ3) is 5.25. The van der Waals surface area contributed by atoms with Gasteiger partial charge in [0.25, 0.3) is 0 Å². The highest BCUT2D eigenvalue weighted by molar-refractivity contribution is 7.89. The van der Waals surface area contributed by atoms with Gasteiger partial charge in [0.2, 0.25) is 10.0 Å². The Balaban J connectivity index is 2.32. The molecule has 1 aliphatic heterocycles. The third-order valence-corrected chi connectivity index (χ3v) is 4.27. The van der Waals surface area contributed by atoms with Crippen molar-refractivity contribution in [3.05, 3.63) is 0 Å². The molecule has 2 atom stereocenters. The predicted octanol–water partition coefficient (Wildman–Crippen LogP) is 0.0828. The summed E-state index contributed by atoms with van der Waals surface area (Å²) in [6.45, 7) is 3.10. The average molecular weight is 250 g/mol. The molecule has 2 N–H and O–H groups in total. The molecule has 0 radical (unpaired) electrons. The molecule has 1 fully saturated rings. The van der Waals surface area contributed by atoms with E-state index in [0.29, 0.717) is 6.54 Å². The van der Waals surface area contributed by atoms with Crippen LogP contribution in [0.1, 0.15) is 26.2 Å². The van der Waals surface area contributed by atoms with Crippen molar-refractivity contribution in [2.45, 2.75) is 38.3 Å². The van der Waals surface area contributed by atoms with Gasteiger partial charge in [0.15, 0.2) is 0 Å². The quantitative estimate of drug-likeness (QED) is 0.701. The second-order valence-electron chi connectivity index (χ2n) is 4.32. The van der Waals surface area contributed by atoms with Crippen LogP contribution in [-0.2, 0) is 14.8 Å². The fourth-order valence-corrected chi connectivity index (χ4v) is 3.14. The molecule has 1 rings (SSSR count). The second-order valence-corrected chi connectivity index (χ2v) is 6.17. The van der Waals surface area contributed by atoms with Crippen molar-refractivity contribution in [3.8, 4) is 0 Å². The first kappa shape index (κ1) is 13.9. The number of nitrogens with one attached hydrogen (secondary N) is 2. The highest BCUT2D eigenvalue weighted by Crippen LogP contribution is 2.08. The molecule has 0 spiro atoms. The zero-order valence-electron chi connectivity index (χ0n) is 10.0. The highest BCUT2D eigenvalue weighted by Gasteiger charge is 2.20. The fraction of sp³-hybridized carbons (Fsp3) is 1.00. The largest absolute Gasteiger partial charge is 0.380 e. The number of hydrogen-bond donors (Lipinski definition) is 2. The van der Waals surface area contributed by atoms with Crippen LogP contribution in [0.25, 0.3) is 0 Å². The van der Waals surface area contributed by atoms with Crippen LogP contribution >= 0.6 is 0 Å². The van der Waals surface area contributed by atoms with Gasteiger partial charge in [-0.3, -0.25) is 0 Å². The van der Waals surface area contributed by atoms with E-state index in [4.69, 9.17) is 4.74 Å². The van der Waals surface area contributed by atoms with Crippen molar-refractivity contribution >= 4 is 10.0 Å². The first-order valence-corrected chi connectivity index (χ1v) is 7.42. The zero-order valence-corrected chi connectivity index (χ0v) is 10.8. The van der Waals surface area contributed by atoms with E-state index < -0.39 is 10.0 Å². The normalized spacial score (nSPS) is 24.2. The van der Waals surface area contributed by atoms with Crippen LogP contribution in [0.2, 0.25) is 0 Å². The van der Waals surface area contributed by atoms with Gasteiger partial charge in [0, 0.05) is 19.7 Å². The molecule has 2 unspecified atom stereocenters. The summed E-state index contributed by atoms with van der Waals surface area (Å²) in [7, 11) is -1.61. The molecule has 0 aromatic rings. The van der Waals surface area contributed by atoms with Crippen molar-refractivity contribution in [1.29, 1.82) is 0 Å². The highest BCUT2D eigenvalue weighted by atomic mass is 32.2. The molecule has 96 valence electrons. The van der Waals surface area contributed by atoms with E-state index >= 15 is 0 Å². The summed E-state index contributed by atoms with van der Waals surface area (Å²) in [6.07, 6.45) is 3.11. The van der Waals surface area contributed by atoms with Crippen LogP contribution in [0.4, 0.5) is 0 Å². The van der Waals surface area contributed by atoms with E-state index in [2.05, 4.69) is 10.0 Å². The Labute approximate surface area is 98.0 Å². The van der Waals surface area contributed by atoms with Gasteiger partial charge < -0.3 is 10.1 Å². The first-order chi connectivity index (χ1) is 7.53. The molecule has 16 heavy (non-hydrogen) atoms. The van der Waals surface area contributed by atoms with Gasteiger partial charge in [-0.15, -0.1) is 0 Å². The number of sulfonamides is 1. The van der Waals surface area contributed by atoms with E-state index in [1.165, 1.54) is 0 Å². The maximum atomic E-state index is 11.7. The number of ether oxygens (including phenoxy) is 1. The topological polar surface area (TPSA) is 67.4 Å². The molecular weight excluding hydrogens is 228 g/mol. The summed E-state index contributed by atoms with van der Waals surface area (Å²) in [5, 5.41) is 3.23. The van der Waals surface area contributed by atoms with Crippen LogP contribution < -0.4 is 10.0 Å². The monoisotopic (exact) mass is 250 g/mol. The maximum absolute atomic E-state index is 11.7. The SMILES string of the molecule is COC(C)CNS(=O)(=O)CC1CCCCN1. The number of piperidine rings is 1. The minimum Gasteiger partial charge on any atom is -0.380 e. The summed E-state index contributed by atoms with van der Waals surface area (Å²) >= 11 is 0. The van der Waals surface area contributed by atoms with Gasteiger partial charge in [-0.25, -0.2) is 13.1 Å². The lowest BCUT2D eigenvalue weighted by molar-refractivity contribution is 0.122. The van der Waals surface area contributed by atoms with Gasteiger partial charge in [-0.2, -0.15) is 0 Å². The lowest BCUT2D eigenvalue weighted by Gasteiger charge is -2.23. The number of hydrogen-bond acceptors (Lipinski definition) is 4. The first-order valence-electron chi connectivity index (χ1n) is 5.77. The molecule has 0 amide bonds. The molecule has 0 saturated carbocycles. The van der Waals surface area contributed by atoms with Crippen LogP contribution in [0, 0.1) is 0 Å². The molecule has 0 aromatic carbocycles. The molecule has 1 heterocycles. The van der Waals surface area contributed by atoms with Crippen molar-refractivity contribution in [2.75, 3.05) is 26.0 Å². The van der Waals surface area contributed by atoms with Crippen molar-refractivity contribution in [2.24, 2.45) is 0 Å². The van der Waals surface area contributed by atoms with Crippen molar-refractivity contribution in [3.63, 3.8) is 0 Å². The van der Waals surface area contributed by atoms with E-state index in [0.717, 1.165) is 25.8 Å². The smallest absolute Gasteiger partial charge is 0.213 e. The Morgan fingerprint density at radius 2 is 2.25 bits per heavy atom. The molecule has 1 saturated heterocycles. The predicted molar refractivity (Wildman–Crippen MR) is 63.9 cm³/mol. The van der Waals surface area contributed by atoms with E-state index in [1.807, 2.05) is 6.92 Å². The van der Waals surface area contributed by atoms with Crippen molar-refractivity contribution in [1.82, 2.24) is 10.0 Å². The summed E-state index contributed by atoms with van der Waals surface area (Å²) in [6, 6.07) is 0.101. The number of methoxy groups -OCH3 is 1. The van der Waals surface area contributed by atoms with Gasteiger partial charge in [-0.1, -0.05) is 6.42 Å². The van der Waals surface area contributed by atoms with Gasteiger partial charge in [0.1, 0.15) is 0 Å². The molecule has 5 nitrogen and oxygen atoms in total. The molecule has 6 heteroatoms. The zero-order chi connectivity index (χ0) is 12.0. The summed E-state index contributed by atoms with van der Waals surface area (Å²) in [4.78, 5) is 0. The van der Waals surface area contributed by atoms with E-state index in [1.54, 1.807) is 7.11 Å². The maximum Gasteiger partial charge on any atom is 0.213 e. The fourth-order valence-electron chi connectivity index (χ4n) is 1.72. The second kappa shape index (κ2) is 6.54. The molecule has 0 aromatic heterocycles. The van der Waals surface area contributed by atoms with Crippen LogP contribution in [0.15, 0.2) is 0 Å². The van der Waals surface area contributed by atoms with E-state index in [-0.39, 0.29) is 17.9 Å². The van der Waals surface area contributed by atoms with Gasteiger partial charge in [0.05, 0.1) is 11.9 Å². The molecule has 1 aliphatic rings. The van der Waals surface area contributed by atoms with Gasteiger partial charge >= 0.3 is 0 Å². The van der Waals surface area contributed by atoms with E-state index in [9.17, 15) is 8.42 Å². The minimum absolute atomic E-state index is 0.0888. The van der Waals surface area contributed by atoms with Gasteiger partial charge in [-0.05, 0) is 26.3 Å². The van der Waals surface area contributed by atoms with Crippen LogP contribution in [0.5, 0.6) is 0 Å². The summed E-state index contributed by atoms with van der Waals surface area (Å²) < 4.78 is 31.0. The lowest BCUT2D eigenvalue weighted by atomic mass is 10.1.